The van der Waals surface area contributed by atoms with E-state index in [1.54, 1.807) is 6.20 Å². The topological polar surface area (TPSA) is 98.9 Å². The molecular formula is C23H24N2O6S. The van der Waals surface area contributed by atoms with Gasteiger partial charge in [0.1, 0.15) is 0 Å². The Kier molecular flexibility index (Phi) is 6.40. The first-order valence-corrected chi connectivity index (χ1v) is 11.7. The first-order chi connectivity index (χ1) is 15.3. The lowest BCUT2D eigenvalue weighted by atomic mass is 10.2. The van der Waals surface area contributed by atoms with Gasteiger partial charge in [-0.3, -0.25) is 0 Å². The number of oxazole rings is 1. The molecule has 8 nitrogen and oxygen atoms in total. The normalized spacial score (nSPS) is 19.6. The van der Waals surface area contributed by atoms with Crippen molar-refractivity contribution in [1.82, 2.24) is 9.29 Å². The van der Waals surface area contributed by atoms with E-state index in [1.807, 2.05) is 44.2 Å². The lowest BCUT2D eigenvalue weighted by molar-refractivity contribution is -0.0440. The summed E-state index contributed by atoms with van der Waals surface area (Å²) in [6.45, 7) is 4.02. The van der Waals surface area contributed by atoms with Gasteiger partial charge in [-0.25, -0.2) is 18.2 Å². The van der Waals surface area contributed by atoms with E-state index < -0.39 is 16.0 Å². The molecule has 0 amide bonds. The van der Waals surface area contributed by atoms with Gasteiger partial charge in [0.15, 0.2) is 12.4 Å². The quantitative estimate of drug-likeness (QED) is 0.524. The van der Waals surface area contributed by atoms with Gasteiger partial charge in [0.25, 0.3) is 0 Å². The number of hydrogen-bond donors (Lipinski definition) is 0. The van der Waals surface area contributed by atoms with Crippen LogP contribution in [0.5, 0.6) is 0 Å². The first kappa shape index (κ1) is 22.2. The van der Waals surface area contributed by atoms with Gasteiger partial charge in [-0.05, 0) is 32.0 Å². The molecule has 1 saturated heterocycles. The summed E-state index contributed by atoms with van der Waals surface area (Å²) in [4.78, 5) is 16.7. The van der Waals surface area contributed by atoms with Crippen LogP contribution in [0.2, 0.25) is 0 Å². The van der Waals surface area contributed by atoms with E-state index in [-0.39, 0.29) is 48.3 Å². The fourth-order valence-corrected chi connectivity index (χ4v) is 5.22. The first-order valence-electron chi connectivity index (χ1n) is 10.3. The minimum Gasteiger partial charge on any atom is -0.452 e. The Morgan fingerprint density at radius 3 is 2.53 bits per heavy atom. The fraction of sp³-hybridized carbons (Fsp3) is 0.304. The van der Waals surface area contributed by atoms with Crippen LogP contribution in [0.1, 0.15) is 30.1 Å². The number of sulfonamides is 1. The average molecular weight is 457 g/mol. The van der Waals surface area contributed by atoms with Crippen molar-refractivity contribution in [2.24, 2.45) is 0 Å². The Morgan fingerprint density at radius 2 is 1.81 bits per heavy atom. The van der Waals surface area contributed by atoms with Gasteiger partial charge >= 0.3 is 5.97 Å². The molecule has 0 bridgehead atoms. The largest absolute Gasteiger partial charge is 0.452 e. The number of morpholine rings is 1. The highest BCUT2D eigenvalue weighted by atomic mass is 32.2. The van der Waals surface area contributed by atoms with E-state index in [4.69, 9.17) is 13.9 Å². The van der Waals surface area contributed by atoms with Crippen LogP contribution in [-0.2, 0) is 26.1 Å². The molecule has 1 aromatic heterocycles. The third kappa shape index (κ3) is 4.90. The molecule has 2 heterocycles. The zero-order valence-corrected chi connectivity index (χ0v) is 18.6. The summed E-state index contributed by atoms with van der Waals surface area (Å²) in [5.74, 6) is 0.154. The predicted octanol–water partition coefficient (Wildman–Crippen LogP) is 3.50. The molecule has 0 saturated carbocycles. The molecule has 168 valence electrons. The second kappa shape index (κ2) is 9.23. The van der Waals surface area contributed by atoms with Crippen LogP contribution in [0.15, 0.2) is 70.1 Å². The number of ether oxygens (including phenoxy) is 2. The van der Waals surface area contributed by atoms with Crippen molar-refractivity contribution in [1.29, 1.82) is 0 Å². The molecule has 0 spiro atoms. The van der Waals surface area contributed by atoms with Gasteiger partial charge in [0, 0.05) is 18.7 Å². The van der Waals surface area contributed by atoms with Gasteiger partial charge in [-0.1, -0.05) is 36.4 Å². The lowest BCUT2D eigenvalue weighted by Crippen LogP contribution is -2.48. The molecule has 1 aliphatic heterocycles. The number of esters is 1. The average Bonchev–Trinajstić information content (AvgIpc) is 3.26. The van der Waals surface area contributed by atoms with Crippen molar-refractivity contribution in [3.63, 3.8) is 0 Å². The van der Waals surface area contributed by atoms with Crippen molar-refractivity contribution >= 4 is 16.0 Å². The van der Waals surface area contributed by atoms with Crippen molar-refractivity contribution in [2.45, 2.75) is 37.6 Å². The third-order valence-corrected chi connectivity index (χ3v) is 6.86. The van der Waals surface area contributed by atoms with E-state index in [0.717, 1.165) is 5.56 Å². The highest BCUT2D eigenvalue weighted by Crippen LogP contribution is 2.23. The van der Waals surface area contributed by atoms with E-state index in [0.29, 0.717) is 5.76 Å². The monoisotopic (exact) mass is 456 g/mol. The summed E-state index contributed by atoms with van der Waals surface area (Å²) < 4.78 is 44.0. The molecule has 2 aromatic carbocycles. The smallest absolute Gasteiger partial charge is 0.338 e. The molecule has 0 radical (unpaired) electrons. The number of aromatic nitrogens is 1. The summed E-state index contributed by atoms with van der Waals surface area (Å²) in [6, 6.07) is 15.3. The second-order valence-electron chi connectivity index (χ2n) is 7.67. The molecule has 3 aromatic rings. The summed E-state index contributed by atoms with van der Waals surface area (Å²) in [6.07, 6.45) is 1.15. The zero-order valence-electron chi connectivity index (χ0n) is 17.8. The standard InChI is InChI=1S/C23H24N2O6S/c1-16-13-25(14-17(2)30-16)32(27,28)20-10-6-9-19(11-20)23(26)29-15-22-24-12-21(31-22)18-7-4-3-5-8-18/h3-12,16-17H,13-15H2,1-2H3. The Balaban J connectivity index is 1.44. The number of rotatable bonds is 6. The number of benzene rings is 2. The lowest BCUT2D eigenvalue weighted by Gasteiger charge is -2.34. The van der Waals surface area contributed by atoms with Crippen molar-refractivity contribution in [2.75, 3.05) is 13.1 Å². The maximum atomic E-state index is 13.1. The Hall–Kier alpha value is -3.01. The molecular weight excluding hydrogens is 432 g/mol. The number of nitrogens with zero attached hydrogens (tertiary/aromatic N) is 2. The molecule has 2 unspecified atom stereocenters. The van der Waals surface area contributed by atoms with Crippen LogP contribution in [0.4, 0.5) is 0 Å². The third-order valence-electron chi connectivity index (χ3n) is 5.03. The fourth-order valence-electron chi connectivity index (χ4n) is 3.58. The van der Waals surface area contributed by atoms with Crippen LogP contribution < -0.4 is 0 Å². The number of hydrogen-bond acceptors (Lipinski definition) is 7. The van der Waals surface area contributed by atoms with Crippen LogP contribution in [0.25, 0.3) is 11.3 Å². The molecule has 1 aliphatic rings. The molecule has 32 heavy (non-hydrogen) atoms. The molecule has 9 heteroatoms. The van der Waals surface area contributed by atoms with Gasteiger partial charge in [0.05, 0.1) is 28.9 Å². The minimum atomic E-state index is -3.76. The van der Waals surface area contributed by atoms with E-state index >= 15 is 0 Å². The summed E-state index contributed by atoms with van der Waals surface area (Å²) in [5.41, 5.74) is 0.998. The molecule has 1 fully saturated rings. The molecule has 0 aliphatic carbocycles. The van der Waals surface area contributed by atoms with Crippen LogP contribution >= 0.6 is 0 Å². The number of carbonyl (C=O) groups is 1. The van der Waals surface area contributed by atoms with Crippen LogP contribution in [0.3, 0.4) is 0 Å². The maximum Gasteiger partial charge on any atom is 0.338 e. The summed E-state index contributed by atoms with van der Waals surface area (Å²) >= 11 is 0. The minimum absolute atomic E-state index is 0.0377. The SMILES string of the molecule is CC1CN(S(=O)(=O)c2cccc(C(=O)OCc3ncc(-c4ccccc4)o3)c2)CC(C)O1. The van der Waals surface area contributed by atoms with Gasteiger partial charge in [-0.15, -0.1) is 0 Å². The summed E-state index contributed by atoms with van der Waals surface area (Å²) in [5, 5.41) is 0. The highest BCUT2D eigenvalue weighted by Gasteiger charge is 2.32. The predicted molar refractivity (Wildman–Crippen MR) is 116 cm³/mol. The van der Waals surface area contributed by atoms with Crippen LogP contribution in [-0.4, -0.2) is 49.0 Å². The van der Waals surface area contributed by atoms with E-state index in [2.05, 4.69) is 4.98 Å². The van der Waals surface area contributed by atoms with Crippen molar-refractivity contribution in [3.05, 3.63) is 72.2 Å². The molecule has 4 rings (SSSR count). The van der Waals surface area contributed by atoms with Gasteiger partial charge in [0.2, 0.25) is 15.9 Å². The van der Waals surface area contributed by atoms with E-state index in [1.165, 1.54) is 28.6 Å². The van der Waals surface area contributed by atoms with E-state index in [9.17, 15) is 13.2 Å². The molecule has 2 atom stereocenters. The molecule has 0 N–H and O–H groups in total. The Labute approximate surface area is 186 Å². The van der Waals surface area contributed by atoms with Gasteiger partial charge in [-0.2, -0.15) is 4.31 Å². The zero-order chi connectivity index (χ0) is 22.7. The number of carbonyl (C=O) groups excluding carboxylic acids is 1. The second-order valence-corrected chi connectivity index (χ2v) is 9.61. The Bertz CT molecular complexity index is 1180. The Morgan fingerprint density at radius 1 is 1.09 bits per heavy atom. The van der Waals surface area contributed by atoms with Crippen molar-refractivity contribution in [3.8, 4) is 11.3 Å². The highest BCUT2D eigenvalue weighted by molar-refractivity contribution is 7.89. The maximum absolute atomic E-state index is 13.1. The summed E-state index contributed by atoms with van der Waals surface area (Å²) in [7, 11) is -3.76. The van der Waals surface area contributed by atoms with Crippen LogP contribution in [0, 0.1) is 0 Å². The van der Waals surface area contributed by atoms with Gasteiger partial charge < -0.3 is 13.9 Å². The van der Waals surface area contributed by atoms with Crippen molar-refractivity contribution < 1.29 is 27.1 Å².